The number of nitro groups is 1. The SMILES string of the molecule is Cc1cc([N+](=O)[O-])cc(C(=O)NCC(C)(C)CO)c1F. The van der Waals surface area contributed by atoms with Crippen LogP contribution in [0.1, 0.15) is 29.8 Å². The van der Waals surface area contributed by atoms with Gasteiger partial charge in [-0.1, -0.05) is 13.8 Å². The summed E-state index contributed by atoms with van der Waals surface area (Å²) >= 11 is 0. The van der Waals surface area contributed by atoms with Gasteiger partial charge in [-0.2, -0.15) is 0 Å². The fraction of sp³-hybridized carbons (Fsp3) is 0.462. The number of carbonyl (C=O) groups excluding carboxylic acids is 1. The van der Waals surface area contributed by atoms with Crippen LogP contribution in [0.5, 0.6) is 0 Å². The van der Waals surface area contributed by atoms with Crippen LogP contribution in [0.2, 0.25) is 0 Å². The highest BCUT2D eigenvalue weighted by Gasteiger charge is 2.22. The van der Waals surface area contributed by atoms with E-state index in [1.165, 1.54) is 6.92 Å². The van der Waals surface area contributed by atoms with Crippen molar-refractivity contribution in [2.24, 2.45) is 5.41 Å². The molecule has 0 saturated heterocycles. The zero-order chi connectivity index (χ0) is 15.5. The fourth-order valence-electron chi connectivity index (χ4n) is 1.49. The molecule has 0 aromatic heterocycles. The van der Waals surface area contributed by atoms with Crippen molar-refractivity contribution in [2.75, 3.05) is 13.2 Å². The van der Waals surface area contributed by atoms with Crippen LogP contribution in [0.25, 0.3) is 0 Å². The van der Waals surface area contributed by atoms with E-state index in [-0.39, 0.29) is 30.0 Å². The van der Waals surface area contributed by atoms with Crippen LogP contribution in [0.3, 0.4) is 0 Å². The molecule has 0 bridgehead atoms. The predicted octanol–water partition coefficient (Wildman–Crippen LogP) is 1.79. The molecule has 1 aromatic carbocycles. The van der Waals surface area contributed by atoms with Crippen LogP contribution in [0, 0.1) is 28.3 Å². The average molecular weight is 284 g/mol. The van der Waals surface area contributed by atoms with Gasteiger partial charge in [0.05, 0.1) is 10.5 Å². The summed E-state index contributed by atoms with van der Waals surface area (Å²) in [4.78, 5) is 21.9. The maximum atomic E-state index is 13.9. The molecular formula is C13H17FN2O4. The number of nitrogens with one attached hydrogen (secondary N) is 1. The highest BCUT2D eigenvalue weighted by molar-refractivity contribution is 5.95. The van der Waals surface area contributed by atoms with Crippen molar-refractivity contribution in [3.8, 4) is 0 Å². The number of carbonyl (C=O) groups is 1. The second kappa shape index (κ2) is 5.96. The Morgan fingerprint density at radius 2 is 2.10 bits per heavy atom. The summed E-state index contributed by atoms with van der Waals surface area (Å²) in [5.41, 5.74) is -1.23. The predicted molar refractivity (Wildman–Crippen MR) is 71.0 cm³/mol. The van der Waals surface area contributed by atoms with Crippen molar-refractivity contribution >= 4 is 11.6 Å². The fourth-order valence-corrected chi connectivity index (χ4v) is 1.49. The average Bonchev–Trinajstić information content (AvgIpc) is 2.38. The van der Waals surface area contributed by atoms with Crippen LogP contribution in [0.15, 0.2) is 12.1 Å². The Balaban J connectivity index is 3.01. The quantitative estimate of drug-likeness (QED) is 0.637. The van der Waals surface area contributed by atoms with E-state index in [1.807, 2.05) is 0 Å². The van der Waals surface area contributed by atoms with Crippen molar-refractivity contribution < 1.29 is 19.2 Å². The summed E-state index contributed by atoms with van der Waals surface area (Å²) < 4.78 is 13.9. The zero-order valence-electron chi connectivity index (χ0n) is 11.6. The van der Waals surface area contributed by atoms with Gasteiger partial charge >= 0.3 is 0 Å². The van der Waals surface area contributed by atoms with E-state index < -0.39 is 22.1 Å². The van der Waals surface area contributed by atoms with Crippen molar-refractivity contribution in [1.82, 2.24) is 5.32 Å². The van der Waals surface area contributed by atoms with Gasteiger partial charge in [-0.15, -0.1) is 0 Å². The largest absolute Gasteiger partial charge is 0.396 e. The van der Waals surface area contributed by atoms with E-state index in [0.29, 0.717) is 0 Å². The zero-order valence-corrected chi connectivity index (χ0v) is 11.6. The number of hydrogen-bond donors (Lipinski definition) is 2. The number of halogens is 1. The Morgan fingerprint density at radius 3 is 2.60 bits per heavy atom. The lowest BCUT2D eigenvalue weighted by Gasteiger charge is -2.21. The third-order valence-corrected chi connectivity index (χ3v) is 2.85. The van der Waals surface area contributed by atoms with Crippen LogP contribution in [-0.2, 0) is 0 Å². The Morgan fingerprint density at radius 1 is 1.50 bits per heavy atom. The lowest BCUT2D eigenvalue weighted by Crippen LogP contribution is -2.36. The van der Waals surface area contributed by atoms with Gasteiger partial charge in [0, 0.05) is 30.7 Å². The topological polar surface area (TPSA) is 92.5 Å². The van der Waals surface area contributed by atoms with E-state index >= 15 is 0 Å². The van der Waals surface area contributed by atoms with Gasteiger partial charge in [-0.3, -0.25) is 14.9 Å². The molecule has 1 rings (SSSR count). The van der Waals surface area contributed by atoms with E-state index in [2.05, 4.69) is 5.32 Å². The molecule has 0 aliphatic heterocycles. The van der Waals surface area contributed by atoms with E-state index in [1.54, 1.807) is 13.8 Å². The summed E-state index contributed by atoms with van der Waals surface area (Å²) in [7, 11) is 0. The second-order valence-electron chi connectivity index (χ2n) is 5.39. The van der Waals surface area contributed by atoms with Crippen LogP contribution in [-0.4, -0.2) is 29.1 Å². The minimum Gasteiger partial charge on any atom is -0.396 e. The highest BCUT2D eigenvalue weighted by Crippen LogP contribution is 2.21. The number of amides is 1. The van der Waals surface area contributed by atoms with Gasteiger partial charge < -0.3 is 10.4 Å². The lowest BCUT2D eigenvalue weighted by atomic mass is 9.95. The van der Waals surface area contributed by atoms with Crippen molar-refractivity contribution in [1.29, 1.82) is 0 Å². The molecule has 0 aliphatic carbocycles. The number of aliphatic hydroxyl groups is 1. The third-order valence-electron chi connectivity index (χ3n) is 2.85. The first kappa shape index (κ1) is 16.0. The van der Waals surface area contributed by atoms with E-state index in [0.717, 1.165) is 12.1 Å². The van der Waals surface area contributed by atoms with Gasteiger partial charge in [0.15, 0.2) is 0 Å². The molecule has 0 spiro atoms. The van der Waals surface area contributed by atoms with Gasteiger partial charge in [-0.05, 0) is 12.5 Å². The van der Waals surface area contributed by atoms with Crippen molar-refractivity contribution in [3.63, 3.8) is 0 Å². The number of non-ortho nitro benzene ring substituents is 1. The molecule has 0 unspecified atom stereocenters. The van der Waals surface area contributed by atoms with Gasteiger partial charge in [-0.25, -0.2) is 4.39 Å². The molecule has 7 heteroatoms. The molecular weight excluding hydrogens is 267 g/mol. The Hall–Kier alpha value is -2.02. The molecule has 0 atom stereocenters. The van der Waals surface area contributed by atoms with Gasteiger partial charge in [0.25, 0.3) is 11.6 Å². The molecule has 0 radical (unpaired) electrons. The second-order valence-corrected chi connectivity index (χ2v) is 5.39. The first-order chi connectivity index (χ1) is 9.18. The van der Waals surface area contributed by atoms with Crippen LogP contribution in [0.4, 0.5) is 10.1 Å². The maximum Gasteiger partial charge on any atom is 0.270 e. The van der Waals surface area contributed by atoms with Gasteiger partial charge in [0.2, 0.25) is 0 Å². The lowest BCUT2D eigenvalue weighted by molar-refractivity contribution is -0.385. The molecule has 20 heavy (non-hydrogen) atoms. The smallest absolute Gasteiger partial charge is 0.270 e. The number of nitrogens with zero attached hydrogens (tertiary/aromatic N) is 1. The highest BCUT2D eigenvalue weighted by atomic mass is 19.1. The van der Waals surface area contributed by atoms with E-state index in [4.69, 9.17) is 5.11 Å². The Bertz CT molecular complexity index is 543. The number of aliphatic hydroxyl groups excluding tert-OH is 1. The minimum absolute atomic E-state index is 0.0331. The summed E-state index contributed by atoms with van der Waals surface area (Å²) in [6.07, 6.45) is 0. The number of hydrogen-bond acceptors (Lipinski definition) is 4. The molecule has 110 valence electrons. The van der Waals surface area contributed by atoms with Crippen LogP contribution < -0.4 is 5.32 Å². The molecule has 1 amide bonds. The summed E-state index contributed by atoms with van der Waals surface area (Å²) in [6, 6.07) is 1.98. The molecule has 1 aromatic rings. The number of nitro benzene ring substituents is 1. The van der Waals surface area contributed by atoms with Gasteiger partial charge in [0.1, 0.15) is 5.82 Å². The number of aryl methyl sites for hydroxylation is 1. The standard InChI is InChI=1S/C13H17FN2O4/c1-8-4-9(16(19)20)5-10(11(8)14)12(18)15-6-13(2,3)7-17/h4-5,17H,6-7H2,1-3H3,(H,15,18). The molecule has 0 heterocycles. The Kier molecular flexibility index (Phi) is 4.78. The van der Waals surface area contributed by atoms with Crippen molar-refractivity contribution in [2.45, 2.75) is 20.8 Å². The first-order valence-corrected chi connectivity index (χ1v) is 6.01. The van der Waals surface area contributed by atoms with Crippen LogP contribution >= 0.6 is 0 Å². The monoisotopic (exact) mass is 284 g/mol. The maximum absolute atomic E-state index is 13.9. The molecule has 6 nitrogen and oxygen atoms in total. The molecule has 2 N–H and O–H groups in total. The molecule has 0 aliphatic rings. The Labute approximate surface area is 115 Å². The molecule has 0 fully saturated rings. The molecule has 0 saturated carbocycles. The third kappa shape index (κ3) is 3.74. The summed E-state index contributed by atoms with van der Waals surface area (Å²) in [6.45, 7) is 4.79. The van der Waals surface area contributed by atoms with E-state index in [9.17, 15) is 19.3 Å². The first-order valence-electron chi connectivity index (χ1n) is 6.01. The number of benzene rings is 1. The number of rotatable bonds is 5. The summed E-state index contributed by atoms with van der Waals surface area (Å²) in [5, 5.41) is 22.3. The minimum atomic E-state index is -0.782. The summed E-state index contributed by atoms with van der Waals surface area (Å²) in [5.74, 6) is -1.52. The normalized spacial score (nSPS) is 11.2. The van der Waals surface area contributed by atoms with Crippen molar-refractivity contribution in [3.05, 3.63) is 39.2 Å².